The first-order chi connectivity index (χ1) is 8.34. The molecule has 1 aliphatic carbocycles. The van der Waals surface area contributed by atoms with Crippen molar-refractivity contribution in [3.63, 3.8) is 0 Å². The van der Waals surface area contributed by atoms with E-state index in [2.05, 4.69) is 5.32 Å². The zero-order valence-corrected chi connectivity index (χ0v) is 10.4. The van der Waals surface area contributed by atoms with Crippen LogP contribution in [-0.2, 0) is 9.59 Å². The van der Waals surface area contributed by atoms with Crippen molar-refractivity contribution in [3.05, 3.63) is 0 Å². The third-order valence-electron chi connectivity index (χ3n) is 3.35. The molecule has 2 N–H and O–H groups in total. The second-order valence-corrected chi connectivity index (χ2v) is 4.84. The summed E-state index contributed by atoms with van der Waals surface area (Å²) in [5.74, 6) is -4.33. The smallest absolute Gasteiger partial charge is 0.305 e. The van der Waals surface area contributed by atoms with E-state index in [1.807, 2.05) is 0 Å². The maximum absolute atomic E-state index is 12.9. The molecule has 0 aliphatic heterocycles. The minimum absolute atomic E-state index is 0.134. The Kier molecular flexibility index (Phi) is 5.04. The highest BCUT2D eigenvalue weighted by atomic mass is 19.3. The maximum Gasteiger partial charge on any atom is 0.305 e. The van der Waals surface area contributed by atoms with Gasteiger partial charge in [-0.05, 0) is 19.3 Å². The van der Waals surface area contributed by atoms with E-state index in [1.54, 1.807) is 6.92 Å². The molecule has 0 aromatic carbocycles. The van der Waals surface area contributed by atoms with Gasteiger partial charge in [-0.3, -0.25) is 9.59 Å². The van der Waals surface area contributed by atoms with Crippen LogP contribution in [0, 0.1) is 5.92 Å². The summed E-state index contributed by atoms with van der Waals surface area (Å²) in [7, 11) is 0. The number of amides is 1. The lowest BCUT2D eigenvalue weighted by Crippen LogP contribution is -2.41. The lowest BCUT2D eigenvalue weighted by Gasteiger charge is -2.28. The topological polar surface area (TPSA) is 66.4 Å². The molecule has 1 rings (SSSR count). The van der Waals surface area contributed by atoms with Crippen LogP contribution in [0.1, 0.15) is 45.4 Å². The van der Waals surface area contributed by atoms with Crippen molar-refractivity contribution >= 4 is 11.9 Å². The summed E-state index contributed by atoms with van der Waals surface area (Å²) in [6.07, 6.45) is 0.193. The molecule has 6 heteroatoms. The second-order valence-electron chi connectivity index (χ2n) is 4.84. The molecule has 0 heterocycles. The lowest BCUT2D eigenvalue weighted by molar-refractivity contribution is -0.138. The van der Waals surface area contributed by atoms with Crippen molar-refractivity contribution < 1.29 is 23.5 Å². The van der Waals surface area contributed by atoms with E-state index < -0.39 is 23.9 Å². The molecule has 1 saturated carbocycles. The number of halogens is 2. The van der Waals surface area contributed by atoms with Crippen molar-refractivity contribution in [1.29, 1.82) is 0 Å². The molecule has 1 amide bonds. The van der Waals surface area contributed by atoms with Crippen LogP contribution in [0.5, 0.6) is 0 Å². The number of carbonyl (C=O) groups excluding carboxylic acids is 1. The highest BCUT2D eigenvalue weighted by Gasteiger charge is 2.37. The summed E-state index contributed by atoms with van der Waals surface area (Å²) in [6.45, 7) is 1.78. The van der Waals surface area contributed by atoms with Gasteiger partial charge in [-0.2, -0.15) is 0 Å². The molecule has 104 valence electrons. The first-order valence-corrected chi connectivity index (χ1v) is 6.24. The minimum atomic E-state index is -2.65. The number of nitrogens with one attached hydrogen (secondary N) is 1. The van der Waals surface area contributed by atoms with E-state index in [1.165, 1.54) is 0 Å². The van der Waals surface area contributed by atoms with Gasteiger partial charge in [0, 0.05) is 24.8 Å². The van der Waals surface area contributed by atoms with Crippen LogP contribution in [0.15, 0.2) is 0 Å². The fourth-order valence-corrected chi connectivity index (χ4v) is 2.13. The number of carboxylic acids is 1. The molecule has 0 bridgehead atoms. The van der Waals surface area contributed by atoms with Gasteiger partial charge in [0.1, 0.15) is 0 Å². The Morgan fingerprint density at radius 1 is 1.39 bits per heavy atom. The van der Waals surface area contributed by atoms with E-state index in [0.717, 1.165) is 0 Å². The average molecular weight is 263 g/mol. The molecular formula is C12H19F2NO3. The highest BCUT2D eigenvalue weighted by Crippen LogP contribution is 2.36. The molecule has 1 unspecified atom stereocenters. The number of carboxylic acid groups (broad SMARTS) is 1. The highest BCUT2D eigenvalue weighted by molar-refractivity contribution is 5.79. The maximum atomic E-state index is 12.9. The second kappa shape index (κ2) is 6.11. The van der Waals surface area contributed by atoms with Gasteiger partial charge in [-0.25, -0.2) is 8.78 Å². The molecule has 1 aliphatic rings. The SMILES string of the molecule is CCC(CC(=O)O)NC(=O)C1CCC(F)(F)CC1. The molecule has 0 saturated heterocycles. The predicted octanol–water partition coefficient (Wildman–Crippen LogP) is 2.18. The molecule has 4 nitrogen and oxygen atoms in total. The summed E-state index contributed by atoms with van der Waals surface area (Å²) in [5.41, 5.74) is 0. The Morgan fingerprint density at radius 3 is 2.39 bits per heavy atom. The first-order valence-electron chi connectivity index (χ1n) is 6.24. The fourth-order valence-electron chi connectivity index (χ4n) is 2.13. The van der Waals surface area contributed by atoms with Crippen LogP contribution in [0.25, 0.3) is 0 Å². The molecule has 0 radical (unpaired) electrons. The van der Waals surface area contributed by atoms with E-state index in [9.17, 15) is 18.4 Å². The van der Waals surface area contributed by atoms with Gasteiger partial charge in [-0.15, -0.1) is 0 Å². The normalized spacial score (nSPS) is 21.3. The Balaban J connectivity index is 2.43. The Hall–Kier alpha value is -1.20. The van der Waals surface area contributed by atoms with Crippen LogP contribution in [0.4, 0.5) is 8.78 Å². The van der Waals surface area contributed by atoms with Gasteiger partial charge >= 0.3 is 5.97 Å². The number of hydrogen-bond donors (Lipinski definition) is 2. The van der Waals surface area contributed by atoms with Crippen molar-refractivity contribution in [1.82, 2.24) is 5.32 Å². The summed E-state index contributed by atoms with van der Waals surface area (Å²) >= 11 is 0. The van der Waals surface area contributed by atoms with Gasteiger partial charge in [0.15, 0.2) is 0 Å². The van der Waals surface area contributed by atoms with Crippen LogP contribution in [-0.4, -0.2) is 28.9 Å². The van der Waals surface area contributed by atoms with Crippen molar-refractivity contribution in [3.8, 4) is 0 Å². The third kappa shape index (κ3) is 4.58. The zero-order chi connectivity index (χ0) is 13.8. The lowest BCUT2D eigenvalue weighted by atomic mass is 9.86. The summed E-state index contributed by atoms with van der Waals surface area (Å²) < 4.78 is 25.9. The zero-order valence-electron chi connectivity index (χ0n) is 10.4. The molecule has 0 spiro atoms. The summed E-state index contributed by atoms with van der Waals surface area (Å²) in [6, 6.07) is -0.419. The largest absolute Gasteiger partial charge is 0.481 e. The number of aliphatic carboxylic acids is 1. The predicted molar refractivity (Wildman–Crippen MR) is 61.4 cm³/mol. The number of alkyl halides is 2. The number of rotatable bonds is 5. The average Bonchev–Trinajstić information content (AvgIpc) is 2.27. The van der Waals surface area contributed by atoms with Gasteiger partial charge in [0.2, 0.25) is 11.8 Å². The molecule has 18 heavy (non-hydrogen) atoms. The van der Waals surface area contributed by atoms with Gasteiger partial charge in [0.05, 0.1) is 6.42 Å². The molecule has 1 fully saturated rings. The van der Waals surface area contributed by atoms with Gasteiger partial charge in [-0.1, -0.05) is 6.92 Å². The van der Waals surface area contributed by atoms with Crippen LogP contribution < -0.4 is 5.32 Å². The van der Waals surface area contributed by atoms with Crippen LogP contribution >= 0.6 is 0 Å². The monoisotopic (exact) mass is 263 g/mol. The standard InChI is InChI=1S/C12H19F2NO3/c1-2-9(7-10(16)17)15-11(18)8-3-5-12(13,14)6-4-8/h8-9H,2-7H2,1H3,(H,15,18)(H,16,17). The first kappa shape index (κ1) is 14.9. The molecule has 1 atom stereocenters. The number of hydrogen-bond acceptors (Lipinski definition) is 2. The molecule has 0 aromatic heterocycles. The van der Waals surface area contributed by atoms with Gasteiger partial charge in [0.25, 0.3) is 0 Å². The van der Waals surface area contributed by atoms with Crippen molar-refractivity contribution in [2.45, 2.75) is 57.4 Å². The Morgan fingerprint density at radius 2 is 1.94 bits per heavy atom. The van der Waals surface area contributed by atoms with Crippen LogP contribution in [0.3, 0.4) is 0 Å². The van der Waals surface area contributed by atoms with E-state index in [-0.39, 0.29) is 38.0 Å². The van der Waals surface area contributed by atoms with Gasteiger partial charge < -0.3 is 10.4 Å². The number of carbonyl (C=O) groups is 2. The van der Waals surface area contributed by atoms with E-state index >= 15 is 0 Å². The summed E-state index contributed by atoms with van der Waals surface area (Å²) in [5, 5.41) is 11.3. The van der Waals surface area contributed by atoms with Crippen molar-refractivity contribution in [2.75, 3.05) is 0 Å². The van der Waals surface area contributed by atoms with Crippen LogP contribution in [0.2, 0.25) is 0 Å². The van der Waals surface area contributed by atoms with Crippen molar-refractivity contribution in [2.24, 2.45) is 5.92 Å². The summed E-state index contributed by atoms with van der Waals surface area (Å²) in [4.78, 5) is 22.4. The quantitative estimate of drug-likeness (QED) is 0.799. The molecule has 0 aromatic rings. The fraction of sp³-hybridized carbons (Fsp3) is 0.833. The third-order valence-corrected chi connectivity index (χ3v) is 3.35. The minimum Gasteiger partial charge on any atom is -0.481 e. The Labute approximate surface area is 105 Å². The molecular weight excluding hydrogens is 244 g/mol. The van der Waals surface area contributed by atoms with E-state index in [0.29, 0.717) is 6.42 Å². The Bertz CT molecular complexity index is 310. The van der Waals surface area contributed by atoms with E-state index in [4.69, 9.17) is 5.11 Å².